The van der Waals surface area contributed by atoms with E-state index in [2.05, 4.69) is 48.4 Å². The van der Waals surface area contributed by atoms with Gasteiger partial charge in [0.05, 0.1) is 12.6 Å². The molecule has 0 heterocycles. The van der Waals surface area contributed by atoms with E-state index in [4.69, 9.17) is 5.73 Å². The SMILES string of the molecule is CCCCCCC(C)NC(N)=[NH+]CCc1ccccc1.[Cl-]. The van der Waals surface area contributed by atoms with Crippen LogP contribution in [0.3, 0.4) is 0 Å². The number of hydrogen-bond donors (Lipinski definition) is 3. The Labute approximate surface area is 135 Å². The highest BCUT2D eigenvalue weighted by atomic mass is 35.5. The van der Waals surface area contributed by atoms with Crippen molar-refractivity contribution >= 4 is 5.96 Å². The Morgan fingerprint density at radius 3 is 2.57 bits per heavy atom. The molecule has 0 radical (unpaired) electrons. The molecule has 0 saturated heterocycles. The first kappa shape index (κ1) is 19.8. The molecule has 0 fully saturated rings. The highest BCUT2D eigenvalue weighted by Crippen LogP contribution is 2.04. The minimum absolute atomic E-state index is 0. The van der Waals surface area contributed by atoms with Crippen LogP contribution < -0.4 is 28.4 Å². The van der Waals surface area contributed by atoms with Crippen LogP contribution in [0.15, 0.2) is 30.3 Å². The number of hydrogen-bond acceptors (Lipinski definition) is 0. The lowest BCUT2D eigenvalue weighted by molar-refractivity contribution is -0.459. The zero-order valence-electron chi connectivity index (χ0n) is 13.4. The quantitative estimate of drug-likeness (QED) is 0.298. The highest BCUT2D eigenvalue weighted by Gasteiger charge is 2.07. The molecule has 0 saturated carbocycles. The fourth-order valence-corrected chi connectivity index (χ4v) is 2.25. The molecule has 0 aliphatic rings. The van der Waals surface area contributed by atoms with Crippen molar-refractivity contribution in [1.82, 2.24) is 5.32 Å². The van der Waals surface area contributed by atoms with Gasteiger partial charge in [-0.25, -0.2) is 0 Å². The normalized spacial score (nSPS) is 12.6. The summed E-state index contributed by atoms with van der Waals surface area (Å²) in [4.78, 5) is 3.25. The van der Waals surface area contributed by atoms with Gasteiger partial charge in [-0.3, -0.25) is 16.0 Å². The average molecular weight is 312 g/mol. The summed E-state index contributed by atoms with van der Waals surface area (Å²) in [6.07, 6.45) is 7.40. The summed E-state index contributed by atoms with van der Waals surface area (Å²) in [5.74, 6) is 0.698. The van der Waals surface area contributed by atoms with Gasteiger partial charge >= 0.3 is 5.96 Å². The van der Waals surface area contributed by atoms with E-state index in [0.29, 0.717) is 12.0 Å². The third-order valence-corrected chi connectivity index (χ3v) is 3.46. The van der Waals surface area contributed by atoms with E-state index in [1.807, 2.05) is 6.07 Å². The summed E-state index contributed by atoms with van der Waals surface area (Å²) in [6, 6.07) is 10.9. The molecular formula is C17H30ClN3. The number of halogens is 1. The Bertz CT molecular complexity index is 379. The van der Waals surface area contributed by atoms with Crippen LogP contribution in [0.1, 0.15) is 51.5 Å². The van der Waals surface area contributed by atoms with Crippen molar-refractivity contribution < 1.29 is 17.4 Å². The largest absolute Gasteiger partial charge is 1.00 e. The van der Waals surface area contributed by atoms with Gasteiger partial charge < -0.3 is 12.4 Å². The molecule has 0 aliphatic heterocycles. The van der Waals surface area contributed by atoms with E-state index in [0.717, 1.165) is 13.0 Å². The summed E-state index contributed by atoms with van der Waals surface area (Å²) < 4.78 is 0. The lowest BCUT2D eigenvalue weighted by Gasteiger charge is -2.09. The van der Waals surface area contributed by atoms with Crippen LogP contribution in [0.4, 0.5) is 0 Å². The van der Waals surface area contributed by atoms with Crippen molar-refractivity contribution in [3.05, 3.63) is 35.9 Å². The number of benzene rings is 1. The molecule has 0 bridgehead atoms. The van der Waals surface area contributed by atoms with Crippen molar-refractivity contribution in [2.75, 3.05) is 6.54 Å². The third-order valence-electron chi connectivity index (χ3n) is 3.46. The van der Waals surface area contributed by atoms with Crippen molar-refractivity contribution in [2.45, 2.75) is 58.4 Å². The standard InChI is InChI=1S/C17H29N3.ClH/c1-3-4-5-7-10-15(2)20-17(18)19-14-13-16-11-8-6-9-12-16;/h6,8-9,11-12,15H,3-5,7,10,13-14H2,1-2H3,(H3,18,19,20);1H. The van der Waals surface area contributed by atoms with Crippen LogP contribution in [0.5, 0.6) is 0 Å². The number of unbranched alkanes of at least 4 members (excludes halogenated alkanes) is 3. The number of rotatable bonds is 9. The average Bonchev–Trinajstić information content (AvgIpc) is 2.45. The molecule has 1 unspecified atom stereocenters. The summed E-state index contributed by atoms with van der Waals surface area (Å²) in [6.45, 7) is 5.30. The molecule has 1 aromatic carbocycles. The Hall–Kier alpha value is -1.22. The molecule has 1 rings (SSSR count). The van der Waals surface area contributed by atoms with Crippen molar-refractivity contribution in [1.29, 1.82) is 0 Å². The van der Waals surface area contributed by atoms with E-state index < -0.39 is 0 Å². The molecule has 120 valence electrons. The first-order valence-electron chi connectivity index (χ1n) is 7.89. The third kappa shape index (κ3) is 10.2. The molecule has 0 aromatic heterocycles. The second kappa shape index (κ2) is 12.5. The fourth-order valence-electron chi connectivity index (χ4n) is 2.25. The molecule has 0 aliphatic carbocycles. The molecule has 0 spiro atoms. The highest BCUT2D eigenvalue weighted by molar-refractivity contribution is 5.71. The van der Waals surface area contributed by atoms with Gasteiger partial charge in [0.15, 0.2) is 0 Å². The molecule has 3 nitrogen and oxygen atoms in total. The van der Waals surface area contributed by atoms with Crippen LogP contribution in [-0.4, -0.2) is 18.5 Å². The van der Waals surface area contributed by atoms with Gasteiger partial charge in [-0.2, -0.15) is 0 Å². The minimum atomic E-state index is 0. The summed E-state index contributed by atoms with van der Waals surface area (Å²) in [7, 11) is 0. The lowest BCUT2D eigenvalue weighted by atomic mass is 10.1. The second-order valence-electron chi connectivity index (χ2n) is 5.47. The maximum absolute atomic E-state index is 5.96. The van der Waals surface area contributed by atoms with Crippen LogP contribution in [0, 0.1) is 0 Å². The number of nitrogens with two attached hydrogens (primary N) is 1. The molecule has 1 atom stereocenters. The van der Waals surface area contributed by atoms with Gasteiger partial charge in [0.25, 0.3) is 0 Å². The van der Waals surface area contributed by atoms with Gasteiger partial charge in [-0.05, 0) is 18.9 Å². The van der Waals surface area contributed by atoms with E-state index in [1.165, 1.54) is 37.7 Å². The van der Waals surface area contributed by atoms with Crippen LogP contribution in [0.2, 0.25) is 0 Å². The number of guanidine groups is 1. The predicted molar refractivity (Wildman–Crippen MR) is 86.5 cm³/mol. The molecule has 4 heteroatoms. The second-order valence-corrected chi connectivity index (χ2v) is 5.47. The minimum Gasteiger partial charge on any atom is -1.00 e. The van der Waals surface area contributed by atoms with Gasteiger partial charge in [-0.1, -0.05) is 62.9 Å². The van der Waals surface area contributed by atoms with Crippen LogP contribution in [0.25, 0.3) is 0 Å². The summed E-state index contributed by atoms with van der Waals surface area (Å²) in [5.41, 5.74) is 7.30. The first-order valence-corrected chi connectivity index (χ1v) is 7.89. The van der Waals surface area contributed by atoms with Crippen molar-refractivity contribution in [2.24, 2.45) is 5.73 Å². The van der Waals surface area contributed by atoms with Gasteiger partial charge in [0.2, 0.25) is 0 Å². The maximum atomic E-state index is 5.96. The zero-order chi connectivity index (χ0) is 14.6. The smallest absolute Gasteiger partial charge is 0.341 e. The summed E-state index contributed by atoms with van der Waals surface area (Å²) in [5, 5.41) is 3.33. The lowest BCUT2D eigenvalue weighted by Crippen LogP contribution is -3.00. The Balaban J connectivity index is 0.00000400. The van der Waals surface area contributed by atoms with Gasteiger partial charge in [0.1, 0.15) is 0 Å². The molecule has 4 N–H and O–H groups in total. The van der Waals surface area contributed by atoms with Gasteiger partial charge in [0, 0.05) is 6.42 Å². The van der Waals surface area contributed by atoms with Gasteiger partial charge in [-0.15, -0.1) is 0 Å². The Morgan fingerprint density at radius 2 is 1.90 bits per heavy atom. The molecule has 21 heavy (non-hydrogen) atoms. The van der Waals surface area contributed by atoms with Crippen molar-refractivity contribution in [3.8, 4) is 0 Å². The predicted octanol–water partition coefficient (Wildman–Crippen LogP) is -1.42. The Morgan fingerprint density at radius 1 is 1.19 bits per heavy atom. The van der Waals surface area contributed by atoms with Crippen LogP contribution in [-0.2, 0) is 6.42 Å². The van der Waals surface area contributed by atoms with E-state index in [9.17, 15) is 0 Å². The Kier molecular flexibility index (Phi) is 11.8. The number of nitrogens with one attached hydrogen (secondary N) is 2. The monoisotopic (exact) mass is 311 g/mol. The van der Waals surface area contributed by atoms with E-state index in [-0.39, 0.29) is 12.4 Å². The van der Waals surface area contributed by atoms with E-state index >= 15 is 0 Å². The van der Waals surface area contributed by atoms with Crippen LogP contribution >= 0.6 is 0 Å². The fraction of sp³-hybridized carbons (Fsp3) is 0.588. The maximum Gasteiger partial charge on any atom is 0.341 e. The topological polar surface area (TPSA) is 52.0 Å². The first-order chi connectivity index (χ1) is 9.72. The molecular weight excluding hydrogens is 282 g/mol. The zero-order valence-corrected chi connectivity index (χ0v) is 14.1. The van der Waals surface area contributed by atoms with Crippen molar-refractivity contribution in [3.63, 3.8) is 0 Å². The molecule has 0 amide bonds. The summed E-state index contributed by atoms with van der Waals surface area (Å²) >= 11 is 0. The van der Waals surface area contributed by atoms with E-state index in [1.54, 1.807) is 0 Å². The molecule has 1 aromatic rings.